The molecule has 0 atom stereocenters. The van der Waals surface area contributed by atoms with Crippen LogP contribution in [0, 0.1) is 0 Å². The third-order valence-corrected chi connectivity index (χ3v) is 4.15. The predicted molar refractivity (Wildman–Crippen MR) is 97.8 cm³/mol. The maximum Gasteiger partial charge on any atom is 0.336 e. The molecule has 1 aromatic heterocycles. The summed E-state index contributed by atoms with van der Waals surface area (Å²) in [7, 11) is 0. The molecule has 0 aliphatic carbocycles. The van der Waals surface area contributed by atoms with Crippen molar-refractivity contribution < 1.29 is 13.9 Å². The number of carbonyl (C=O) groups is 1. The fraction of sp³-hybridized carbons (Fsp3) is 0.200. The van der Waals surface area contributed by atoms with Gasteiger partial charge in [0.25, 0.3) is 0 Å². The van der Waals surface area contributed by atoms with Gasteiger partial charge in [-0.2, -0.15) is 0 Å². The first-order valence-electron chi connectivity index (χ1n) is 8.06. The van der Waals surface area contributed by atoms with Gasteiger partial charge in [-0.1, -0.05) is 55.3 Å². The van der Waals surface area contributed by atoms with Crippen LogP contribution in [0.1, 0.15) is 29.3 Å². The van der Waals surface area contributed by atoms with E-state index in [2.05, 4.69) is 0 Å². The van der Waals surface area contributed by atoms with Gasteiger partial charge in [0.2, 0.25) is 0 Å². The highest BCUT2D eigenvalue weighted by atomic mass is 35.5. The fourth-order valence-electron chi connectivity index (χ4n) is 2.67. The third-order valence-electron chi connectivity index (χ3n) is 3.86. The second-order valence-corrected chi connectivity index (χ2v) is 6.10. The van der Waals surface area contributed by atoms with E-state index in [1.165, 1.54) is 6.07 Å². The van der Waals surface area contributed by atoms with Crippen molar-refractivity contribution in [1.29, 1.82) is 0 Å². The van der Waals surface area contributed by atoms with Gasteiger partial charge in [-0.15, -0.1) is 0 Å². The van der Waals surface area contributed by atoms with Crippen molar-refractivity contribution in [3.05, 3.63) is 75.1 Å². The summed E-state index contributed by atoms with van der Waals surface area (Å²) in [6.45, 7) is 1.89. The highest BCUT2D eigenvalue weighted by Gasteiger charge is 2.13. The van der Waals surface area contributed by atoms with Gasteiger partial charge in [0, 0.05) is 23.1 Å². The van der Waals surface area contributed by atoms with E-state index in [4.69, 9.17) is 20.8 Å². The molecule has 0 spiro atoms. The van der Waals surface area contributed by atoms with Crippen LogP contribution in [0.5, 0.6) is 5.75 Å². The summed E-state index contributed by atoms with van der Waals surface area (Å²) in [5.74, 6) is 0.160. The first-order chi connectivity index (χ1) is 12.1. The smallest absolute Gasteiger partial charge is 0.336 e. The summed E-state index contributed by atoms with van der Waals surface area (Å²) in [5.41, 5.74) is 1.45. The van der Waals surface area contributed by atoms with E-state index in [-0.39, 0.29) is 12.4 Å². The molecule has 3 rings (SSSR count). The number of aryl methyl sites for hydroxylation is 1. The minimum Gasteiger partial charge on any atom is -0.484 e. The normalized spacial score (nSPS) is 10.8. The first kappa shape index (κ1) is 17.2. The molecular weight excluding hydrogens is 340 g/mol. The molecule has 0 aliphatic rings. The van der Waals surface area contributed by atoms with Crippen LogP contribution in [0.25, 0.3) is 11.0 Å². The van der Waals surface area contributed by atoms with Crippen LogP contribution >= 0.6 is 11.6 Å². The van der Waals surface area contributed by atoms with Crippen LogP contribution in [-0.2, 0) is 6.42 Å². The topological polar surface area (TPSA) is 56.5 Å². The summed E-state index contributed by atoms with van der Waals surface area (Å²) >= 11 is 6.29. The zero-order valence-electron chi connectivity index (χ0n) is 13.8. The zero-order chi connectivity index (χ0) is 17.8. The summed E-state index contributed by atoms with van der Waals surface area (Å²) in [4.78, 5) is 23.9. The van der Waals surface area contributed by atoms with Gasteiger partial charge in [-0.25, -0.2) is 4.79 Å². The Balaban J connectivity index is 1.88. The Morgan fingerprint density at radius 1 is 1.16 bits per heavy atom. The lowest BCUT2D eigenvalue weighted by atomic mass is 10.1. The number of ether oxygens (including phenoxy) is 1. The molecule has 3 aromatic rings. The quantitative estimate of drug-likeness (QED) is 0.476. The molecule has 1 heterocycles. The lowest BCUT2D eigenvalue weighted by Gasteiger charge is -2.10. The van der Waals surface area contributed by atoms with Crippen LogP contribution in [0.3, 0.4) is 0 Å². The Hall–Kier alpha value is -2.59. The van der Waals surface area contributed by atoms with Crippen molar-refractivity contribution in [3.63, 3.8) is 0 Å². The summed E-state index contributed by atoms with van der Waals surface area (Å²) in [6, 6.07) is 13.6. The monoisotopic (exact) mass is 356 g/mol. The van der Waals surface area contributed by atoms with Crippen LogP contribution in [0.4, 0.5) is 0 Å². The lowest BCUT2D eigenvalue weighted by Crippen LogP contribution is -2.11. The van der Waals surface area contributed by atoms with Gasteiger partial charge in [0.05, 0.1) is 5.02 Å². The molecule has 0 saturated carbocycles. The van der Waals surface area contributed by atoms with Crippen molar-refractivity contribution in [3.8, 4) is 5.75 Å². The van der Waals surface area contributed by atoms with Gasteiger partial charge in [0.1, 0.15) is 11.3 Å². The standard InChI is InChI=1S/C20H17ClO4/c1-2-6-14-9-20(23)25-18-11-19(16(21)10-15(14)18)24-12-17(22)13-7-4-3-5-8-13/h3-5,7-11H,2,6,12H2,1H3. The first-order valence-corrected chi connectivity index (χ1v) is 8.43. The molecule has 0 unspecified atom stereocenters. The molecular formula is C20H17ClO4. The summed E-state index contributed by atoms with van der Waals surface area (Å²) < 4.78 is 10.8. The van der Waals surface area contributed by atoms with E-state index in [0.717, 1.165) is 23.8 Å². The van der Waals surface area contributed by atoms with Crippen molar-refractivity contribution in [2.45, 2.75) is 19.8 Å². The molecule has 0 bridgehead atoms. The van der Waals surface area contributed by atoms with E-state index in [1.807, 2.05) is 13.0 Å². The second-order valence-electron chi connectivity index (χ2n) is 5.70. The van der Waals surface area contributed by atoms with E-state index in [0.29, 0.717) is 21.9 Å². The van der Waals surface area contributed by atoms with E-state index in [1.54, 1.807) is 36.4 Å². The van der Waals surface area contributed by atoms with Crippen molar-refractivity contribution in [2.75, 3.05) is 6.61 Å². The van der Waals surface area contributed by atoms with Crippen LogP contribution < -0.4 is 10.4 Å². The van der Waals surface area contributed by atoms with Gasteiger partial charge < -0.3 is 9.15 Å². The molecule has 0 amide bonds. The van der Waals surface area contributed by atoms with E-state index in [9.17, 15) is 9.59 Å². The SMILES string of the molecule is CCCc1cc(=O)oc2cc(OCC(=O)c3ccccc3)c(Cl)cc12. The Morgan fingerprint density at radius 3 is 2.64 bits per heavy atom. The van der Waals surface area contributed by atoms with E-state index < -0.39 is 5.63 Å². The van der Waals surface area contributed by atoms with Gasteiger partial charge >= 0.3 is 5.63 Å². The second kappa shape index (κ2) is 7.53. The summed E-state index contributed by atoms with van der Waals surface area (Å²) in [5, 5.41) is 1.16. The Morgan fingerprint density at radius 2 is 1.92 bits per heavy atom. The minimum atomic E-state index is -0.412. The number of fused-ring (bicyclic) bond motifs is 1. The molecule has 2 aromatic carbocycles. The molecule has 25 heavy (non-hydrogen) atoms. The molecule has 0 saturated heterocycles. The number of benzene rings is 2. The largest absolute Gasteiger partial charge is 0.484 e. The van der Waals surface area contributed by atoms with Gasteiger partial charge in [-0.05, 0) is 18.1 Å². The number of rotatable bonds is 6. The van der Waals surface area contributed by atoms with Gasteiger partial charge in [-0.3, -0.25) is 4.79 Å². The fourth-order valence-corrected chi connectivity index (χ4v) is 2.88. The number of hydrogen-bond acceptors (Lipinski definition) is 4. The number of Topliss-reactive ketones (excluding diaryl/α,β-unsaturated/α-hetero) is 1. The number of carbonyl (C=O) groups excluding carboxylic acids is 1. The van der Waals surface area contributed by atoms with Gasteiger partial charge in [0.15, 0.2) is 12.4 Å². The molecule has 0 fully saturated rings. The minimum absolute atomic E-state index is 0.145. The van der Waals surface area contributed by atoms with E-state index >= 15 is 0 Å². The molecule has 0 aliphatic heterocycles. The molecule has 4 nitrogen and oxygen atoms in total. The molecule has 128 valence electrons. The average Bonchev–Trinajstić information content (AvgIpc) is 2.61. The van der Waals surface area contributed by atoms with Crippen molar-refractivity contribution in [1.82, 2.24) is 0 Å². The molecule has 5 heteroatoms. The maximum absolute atomic E-state index is 12.1. The van der Waals surface area contributed by atoms with Crippen molar-refractivity contribution in [2.24, 2.45) is 0 Å². The highest BCUT2D eigenvalue weighted by Crippen LogP contribution is 2.31. The van der Waals surface area contributed by atoms with Crippen molar-refractivity contribution >= 4 is 28.4 Å². The number of halogens is 1. The predicted octanol–water partition coefficient (Wildman–Crippen LogP) is 4.66. The third kappa shape index (κ3) is 3.91. The Labute approximate surface area is 150 Å². The molecule has 0 N–H and O–H groups in total. The van der Waals surface area contributed by atoms with Crippen LogP contribution in [0.2, 0.25) is 5.02 Å². The lowest BCUT2D eigenvalue weighted by molar-refractivity contribution is 0.0921. The maximum atomic E-state index is 12.1. The molecule has 0 radical (unpaired) electrons. The Kier molecular flexibility index (Phi) is 5.19. The summed E-state index contributed by atoms with van der Waals surface area (Å²) in [6.07, 6.45) is 1.66. The number of hydrogen-bond donors (Lipinski definition) is 0. The highest BCUT2D eigenvalue weighted by molar-refractivity contribution is 6.32. The van der Waals surface area contributed by atoms with Crippen LogP contribution in [-0.4, -0.2) is 12.4 Å². The zero-order valence-corrected chi connectivity index (χ0v) is 14.5. The van der Waals surface area contributed by atoms with Crippen LogP contribution in [0.15, 0.2) is 57.7 Å². The average molecular weight is 357 g/mol. The Bertz CT molecular complexity index is 961. The number of ketones is 1.